The third-order valence-electron chi connectivity index (χ3n) is 2.92. The molecular formula is C16H18FNO2. The van der Waals surface area contributed by atoms with Gasteiger partial charge in [-0.15, -0.1) is 0 Å². The molecule has 0 atom stereocenters. The van der Waals surface area contributed by atoms with Crippen molar-refractivity contribution >= 4 is 0 Å². The van der Waals surface area contributed by atoms with Crippen LogP contribution in [-0.4, -0.2) is 12.2 Å². The summed E-state index contributed by atoms with van der Waals surface area (Å²) in [5, 5.41) is 11.9. The molecule has 0 bridgehead atoms. The summed E-state index contributed by atoms with van der Waals surface area (Å²) in [6.07, 6.45) is 0. The highest BCUT2D eigenvalue weighted by atomic mass is 19.1. The van der Waals surface area contributed by atoms with Crippen LogP contribution in [0.25, 0.3) is 0 Å². The number of hydrogen-bond acceptors (Lipinski definition) is 3. The minimum atomic E-state index is -0.302. The van der Waals surface area contributed by atoms with Gasteiger partial charge in [0.1, 0.15) is 18.2 Å². The third-order valence-corrected chi connectivity index (χ3v) is 2.92. The Kier molecular flexibility index (Phi) is 5.09. The van der Waals surface area contributed by atoms with E-state index in [1.165, 1.54) is 12.1 Å². The molecule has 106 valence electrons. The molecule has 0 saturated carbocycles. The number of halogens is 1. The van der Waals surface area contributed by atoms with Gasteiger partial charge in [-0.05, 0) is 35.9 Å². The van der Waals surface area contributed by atoms with Gasteiger partial charge in [0.15, 0.2) is 0 Å². The lowest BCUT2D eigenvalue weighted by Crippen LogP contribution is -2.06. The zero-order valence-electron chi connectivity index (χ0n) is 11.4. The minimum absolute atomic E-state index is 0.0262. The molecule has 0 heterocycles. The van der Waals surface area contributed by atoms with Crippen molar-refractivity contribution in [2.45, 2.75) is 19.8 Å². The topological polar surface area (TPSA) is 41.5 Å². The Balaban J connectivity index is 2.02. The highest BCUT2D eigenvalue weighted by Crippen LogP contribution is 2.18. The Morgan fingerprint density at radius 1 is 1.05 bits per heavy atom. The summed E-state index contributed by atoms with van der Waals surface area (Å²) in [5.74, 6) is 0.213. The molecule has 0 aromatic heterocycles. The molecule has 0 saturated heterocycles. The first-order chi connectivity index (χ1) is 9.71. The third kappa shape index (κ3) is 4.05. The Bertz CT molecular complexity index is 555. The molecule has 2 N–H and O–H groups in total. The zero-order valence-corrected chi connectivity index (χ0v) is 11.4. The number of aliphatic hydroxyl groups excluding tert-OH is 1. The molecule has 0 aliphatic heterocycles. The Morgan fingerprint density at radius 3 is 2.40 bits per heavy atom. The zero-order chi connectivity index (χ0) is 14.4. The lowest BCUT2D eigenvalue weighted by Gasteiger charge is -2.09. The summed E-state index contributed by atoms with van der Waals surface area (Å²) < 4.78 is 19.0. The van der Waals surface area contributed by atoms with Gasteiger partial charge >= 0.3 is 0 Å². The molecule has 0 radical (unpaired) electrons. The van der Waals surface area contributed by atoms with Crippen LogP contribution in [0.5, 0.6) is 5.75 Å². The quantitative estimate of drug-likeness (QED) is 0.851. The molecular weight excluding hydrogens is 257 g/mol. The van der Waals surface area contributed by atoms with E-state index in [0.29, 0.717) is 18.9 Å². The van der Waals surface area contributed by atoms with Gasteiger partial charge in [-0.25, -0.2) is 4.39 Å². The van der Waals surface area contributed by atoms with Gasteiger partial charge in [0.2, 0.25) is 0 Å². The van der Waals surface area contributed by atoms with E-state index in [1.807, 2.05) is 37.4 Å². The predicted molar refractivity (Wildman–Crippen MR) is 75.9 cm³/mol. The molecule has 20 heavy (non-hydrogen) atoms. The van der Waals surface area contributed by atoms with Crippen LogP contribution in [0.4, 0.5) is 4.39 Å². The molecule has 2 aromatic rings. The van der Waals surface area contributed by atoms with Crippen molar-refractivity contribution in [3.63, 3.8) is 0 Å². The maximum Gasteiger partial charge on any atom is 0.127 e. The van der Waals surface area contributed by atoms with Crippen LogP contribution in [0.2, 0.25) is 0 Å². The van der Waals surface area contributed by atoms with Crippen molar-refractivity contribution in [2.24, 2.45) is 0 Å². The largest absolute Gasteiger partial charge is 0.489 e. The number of hydrogen-bond donors (Lipinski definition) is 2. The SMILES string of the molecule is CNCc1cc(F)cc(OCc2ccc(CO)cc2)c1. The van der Waals surface area contributed by atoms with E-state index < -0.39 is 0 Å². The van der Waals surface area contributed by atoms with E-state index in [4.69, 9.17) is 9.84 Å². The molecule has 0 amide bonds. The first-order valence-electron chi connectivity index (χ1n) is 6.47. The van der Waals surface area contributed by atoms with E-state index in [0.717, 1.165) is 16.7 Å². The van der Waals surface area contributed by atoms with E-state index >= 15 is 0 Å². The maximum atomic E-state index is 13.4. The van der Waals surface area contributed by atoms with Gasteiger partial charge in [0, 0.05) is 12.6 Å². The van der Waals surface area contributed by atoms with Crippen LogP contribution in [0.1, 0.15) is 16.7 Å². The summed E-state index contributed by atoms with van der Waals surface area (Å²) in [5.41, 5.74) is 2.68. The summed E-state index contributed by atoms with van der Waals surface area (Å²) in [7, 11) is 1.81. The lowest BCUT2D eigenvalue weighted by atomic mass is 10.1. The van der Waals surface area contributed by atoms with Crippen LogP contribution >= 0.6 is 0 Å². The molecule has 0 unspecified atom stereocenters. The van der Waals surface area contributed by atoms with Crippen molar-refractivity contribution in [3.05, 3.63) is 65.0 Å². The Labute approximate surface area is 118 Å². The van der Waals surface area contributed by atoms with Crippen molar-refractivity contribution in [2.75, 3.05) is 7.05 Å². The second kappa shape index (κ2) is 7.03. The van der Waals surface area contributed by atoms with Crippen molar-refractivity contribution < 1.29 is 14.2 Å². The average molecular weight is 275 g/mol. The molecule has 0 fully saturated rings. The van der Waals surface area contributed by atoms with Crippen LogP contribution in [0.15, 0.2) is 42.5 Å². The minimum Gasteiger partial charge on any atom is -0.489 e. The Morgan fingerprint density at radius 2 is 1.75 bits per heavy atom. The highest BCUT2D eigenvalue weighted by molar-refractivity contribution is 5.30. The first kappa shape index (κ1) is 14.5. The van der Waals surface area contributed by atoms with Gasteiger partial charge in [0.05, 0.1) is 6.61 Å². The summed E-state index contributed by atoms with van der Waals surface area (Å²) >= 11 is 0. The number of nitrogens with one attached hydrogen (secondary N) is 1. The smallest absolute Gasteiger partial charge is 0.127 e. The van der Waals surface area contributed by atoms with E-state index in [9.17, 15) is 4.39 Å². The highest BCUT2D eigenvalue weighted by Gasteiger charge is 2.02. The molecule has 0 aliphatic carbocycles. The average Bonchev–Trinajstić information content (AvgIpc) is 2.45. The van der Waals surface area contributed by atoms with Crippen molar-refractivity contribution in [1.29, 1.82) is 0 Å². The van der Waals surface area contributed by atoms with Crippen LogP contribution in [0.3, 0.4) is 0 Å². The van der Waals surface area contributed by atoms with Gasteiger partial charge < -0.3 is 15.2 Å². The van der Waals surface area contributed by atoms with E-state index in [-0.39, 0.29) is 12.4 Å². The van der Waals surface area contributed by atoms with E-state index in [1.54, 1.807) is 0 Å². The molecule has 2 aromatic carbocycles. The summed E-state index contributed by atoms with van der Waals surface area (Å²) in [6, 6.07) is 12.1. The van der Waals surface area contributed by atoms with E-state index in [2.05, 4.69) is 5.32 Å². The molecule has 0 spiro atoms. The molecule has 3 nitrogen and oxygen atoms in total. The number of ether oxygens (including phenoxy) is 1. The molecule has 0 aliphatic rings. The standard InChI is InChI=1S/C16H18FNO2/c1-18-9-14-6-15(17)8-16(7-14)20-11-13-4-2-12(10-19)3-5-13/h2-8,18-19H,9-11H2,1H3. The first-order valence-corrected chi connectivity index (χ1v) is 6.47. The fourth-order valence-electron chi connectivity index (χ4n) is 1.92. The second-order valence-electron chi connectivity index (χ2n) is 4.59. The Hall–Kier alpha value is -1.91. The maximum absolute atomic E-state index is 13.4. The monoisotopic (exact) mass is 275 g/mol. The van der Waals surface area contributed by atoms with Gasteiger partial charge in [0.25, 0.3) is 0 Å². The van der Waals surface area contributed by atoms with Crippen LogP contribution in [-0.2, 0) is 19.8 Å². The van der Waals surface area contributed by atoms with Crippen molar-refractivity contribution in [3.8, 4) is 5.75 Å². The summed E-state index contributed by atoms with van der Waals surface area (Å²) in [6.45, 7) is 0.992. The van der Waals surface area contributed by atoms with Crippen LogP contribution in [0, 0.1) is 5.82 Å². The fraction of sp³-hybridized carbons (Fsp3) is 0.250. The van der Waals surface area contributed by atoms with Crippen LogP contribution < -0.4 is 10.1 Å². The van der Waals surface area contributed by atoms with Gasteiger partial charge in [-0.2, -0.15) is 0 Å². The number of aliphatic hydroxyl groups is 1. The van der Waals surface area contributed by atoms with Crippen molar-refractivity contribution in [1.82, 2.24) is 5.32 Å². The molecule has 2 rings (SSSR count). The predicted octanol–water partition coefficient (Wildman–Crippen LogP) is 2.62. The van der Waals surface area contributed by atoms with Gasteiger partial charge in [-0.3, -0.25) is 0 Å². The normalized spacial score (nSPS) is 10.6. The fourth-order valence-corrected chi connectivity index (χ4v) is 1.92. The second-order valence-corrected chi connectivity index (χ2v) is 4.59. The number of rotatable bonds is 6. The number of benzene rings is 2. The lowest BCUT2D eigenvalue weighted by molar-refractivity contribution is 0.281. The molecule has 4 heteroatoms. The summed E-state index contributed by atoms with van der Waals surface area (Å²) in [4.78, 5) is 0. The van der Waals surface area contributed by atoms with Gasteiger partial charge in [-0.1, -0.05) is 24.3 Å².